The fraction of sp³-hybridized carbons (Fsp3) is 0.474. The van der Waals surface area contributed by atoms with Crippen LogP contribution in [0.25, 0.3) is 0 Å². The molecule has 1 N–H and O–H groups in total. The van der Waals surface area contributed by atoms with Gasteiger partial charge in [0.15, 0.2) is 0 Å². The number of methoxy groups -OCH3 is 1. The maximum Gasteiger partial charge on any atom is 0.241 e. The van der Waals surface area contributed by atoms with E-state index in [0.717, 1.165) is 25.1 Å². The normalized spacial score (nSPS) is 21.0. The molecule has 2 aromatic rings. The second kappa shape index (κ2) is 8.16. The number of rotatable bonds is 6. The first-order valence-electron chi connectivity index (χ1n) is 8.75. The molecule has 1 aromatic carbocycles. The van der Waals surface area contributed by atoms with Gasteiger partial charge in [-0.3, -0.25) is 14.4 Å². The summed E-state index contributed by atoms with van der Waals surface area (Å²) >= 11 is 0. The summed E-state index contributed by atoms with van der Waals surface area (Å²) in [6.07, 6.45) is 5.75. The van der Waals surface area contributed by atoms with Crippen LogP contribution in [0.2, 0.25) is 0 Å². The van der Waals surface area contributed by atoms with Crippen molar-refractivity contribution in [1.82, 2.24) is 20.0 Å². The molecular formula is C19H26N4O2. The summed E-state index contributed by atoms with van der Waals surface area (Å²) in [4.78, 5) is 14.5. The van der Waals surface area contributed by atoms with E-state index in [4.69, 9.17) is 4.74 Å². The van der Waals surface area contributed by atoms with Crippen LogP contribution in [0.15, 0.2) is 42.7 Å². The van der Waals surface area contributed by atoms with Gasteiger partial charge in [-0.15, -0.1) is 0 Å². The number of likely N-dealkylation sites (tertiary alicyclic amines) is 1. The highest BCUT2D eigenvalue weighted by molar-refractivity contribution is 5.75. The molecule has 1 amide bonds. The topological polar surface area (TPSA) is 59.4 Å². The molecule has 0 bridgehead atoms. The molecule has 3 rings (SSSR count). The highest BCUT2D eigenvalue weighted by Crippen LogP contribution is 2.35. The minimum absolute atomic E-state index is 0.00501. The van der Waals surface area contributed by atoms with Crippen LogP contribution in [0.4, 0.5) is 0 Å². The van der Waals surface area contributed by atoms with Crippen molar-refractivity contribution in [2.45, 2.75) is 25.4 Å². The molecule has 0 radical (unpaired) electrons. The SMILES string of the molecule is COc1ccc(C2C(CNC(=O)Cn3cccn3)CCCN2C)cc1. The van der Waals surface area contributed by atoms with E-state index in [9.17, 15) is 4.79 Å². The summed E-state index contributed by atoms with van der Waals surface area (Å²) in [7, 11) is 3.84. The number of benzene rings is 1. The van der Waals surface area contributed by atoms with Crippen molar-refractivity contribution in [1.29, 1.82) is 0 Å². The quantitative estimate of drug-likeness (QED) is 0.873. The van der Waals surface area contributed by atoms with Gasteiger partial charge >= 0.3 is 0 Å². The Morgan fingerprint density at radius 1 is 1.36 bits per heavy atom. The Labute approximate surface area is 148 Å². The Hall–Kier alpha value is -2.34. The maximum atomic E-state index is 12.2. The summed E-state index contributed by atoms with van der Waals surface area (Å²) in [5, 5.41) is 7.16. The molecule has 0 saturated carbocycles. The van der Waals surface area contributed by atoms with Crippen LogP contribution in [-0.2, 0) is 11.3 Å². The Morgan fingerprint density at radius 3 is 2.84 bits per heavy atom. The highest BCUT2D eigenvalue weighted by atomic mass is 16.5. The fourth-order valence-corrected chi connectivity index (χ4v) is 3.64. The highest BCUT2D eigenvalue weighted by Gasteiger charge is 2.30. The van der Waals surface area contributed by atoms with Gasteiger partial charge in [-0.05, 0) is 56.1 Å². The summed E-state index contributed by atoms with van der Waals surface area (Å²) in [5.74, 6) is 1.27. The molecule has 1 fully saturated rings. The molecule has 1 aliphatic heterocycles. The molecule has 1 aliphatic rings. The predicted octanol–water partition coefficient (Wildman–Crippen LogP) is 2.09. The predicted molar refractivity (Wildman–Crippen MR) is 96.3 cm³/mol. The molecular weight excluding hydrogens is 316 g/mol. The van der Waals surface area contributed by atoms with Gasteiger partial charge < -0.3 is 10.1 Å². The monoisotopic (exact) mass is 342 g/mol. The van der Waals surface area contributed by atoms with Crippen molar-refractivity contribution in [3.8, 4) is 5.75 Å². The number of nitrogens with one attached hydrogen (secondary N) is 1. The fourth-order valence-electron chi connectivity index (χ4n) is 3.64. The third kappa shape index (κ3) is 4.39. The lowest BCUT2D eigenvalue weighted by molar-refractivity contribution is -0.122. The van der Waals surface area contributed by atoms with Crippen molar-refractivity contribution in [2.75, 3.05) is 27.2 Å². The first-order chi connectivity index (χ1) is 12.2. The van der Waals surface area contributed by atoms with Gasteiger partial charge in [-0.1, -0.05) is 12.1 Å². The van der Waals surface area contributed by atoms with Gasteiger partial charge in [-0.2, -0.15) is 5.10 Å². The Balaban J connectivity index is 1.63. The largest absolute Gasteiger partial charge is 0.497 e. The van der Waals surface area contributed by atoms with Crippen LogP contribution >= 0.6 is 0 Å². The Kier molecular flexibility index (Phi) is 5.71. The second-order valence-corrected chi connectivity index (χ2v) is 6.61. The molecule has 134 valence electrons. The first kappa shape index (κ1) is 17.5. The summed E-state index contributed by atoms with van der Waals surface area (Å²) in [6, 6.07) is 10.4. The van der Waals surface area contributed by atoms with Gasteiger partial charge in [0.25, 0.3) is 0 Å². The van der Waals surface area contributed by atoms with E-state index in [0.29, 0.717) is 18.5 Å². The summed E-state index contributed by atoms with van der Waals surface area (Å²) in [5.41, 5.74) is 1.27. The van der Waals surface area contributed by atoms with Gasteiger partial charge in [0, 0.05) is 25.0 Å². The molecule has 2 heterocycles. The third-order valence-electron chi connectivity index (χ3n) is 4.89. The zero-order valence-corrected chi connectivity index (χ0v) is 14.9. The van der Waals surface area contributed by atoms with E-state index in [2.05, 4.69) is 34.5 Å². The maximum absolute atomic E-state index is 12.2. The number of hydrogen-bond donors (Lipinski definition) is 1. The minimum Gasteiger partial charge on any atom is -0.497 e. The van der Waals surface area contributed by atoms with E-state index in [1.807, 2.05) is 18.2 Å². The molecule has 6 heteroatoms. The minimum atomic E-state index is 0.00501. The van der Waals surface area contributed by atoms with Crippen LogP contribution in [0, 0.1) is 5.92 Å². The molecule has 0 spiro atoms. The zero-order chi connectivity index (χ0) is 17.6. The molecule has 1 aromatic heterocycles. The summed E-state index contributed by atoms with van der Waals surface area (Å²) in [6.45, 7) is 2.03. The summed E-state index contributed by atoms with van der Waals surface area (Å²) < 4.78 is 6.90. The Morgan fingerprint density at radius 2 is 2.16 bits per heavy atom. The number of carbonyl (C=O) groups is 1. The van der Waals surface area contributed by atoms with Crippen molar-refractivity contribution in [3.63, 3.8) is 0 Å². The molecule has 2 atom stereocenters. The van der Waals surface area contributed by atoms with Crippen LogP contribution in [0.1, 0.15) is 24.4 Å². The number of ether oxygens (including phenoxy) is 1. The lowest BCUT2D eigenvalue weighted by atomic mass is 9.85. The number of amides is 1. The molecule has 0 aliphatic carbocycles. The zero-order valence-electron chi connectivity index (χ0n) is 14.9. The number of piperidine rings is 1. The van der Waals surface area contributed by atoms with Crippen LogP contribution < -0.4 is 10.1 Å². The van der Waals surface area contributed by atoms with Crippen molar-refractivity contribution < 1.29 is 9.53 Å². The molecule has 2 unspecified atom stereocenters. The number of hydrogen-bond acceptors (Lipinski definition) is 4. The van der Waals surface area contributed by atoms with E-state index < -0.39 is 0 Å². The molecule has 1 saturated heterocycles. The average molecular weight is 342 g/mol. The van der Waals surface area contributed by atoms with E-state index >= 15 is 0 Å². The number of carbonyl (C=O) groups excluding carboxylic acids is 1. The van der Waals surface area contributed by atoms with Crippen molar-refractivity contribution >= 4 is 5.91 Å². The van der Waals surface area contributed by atoms with Crippen molar-refractivity contribution in [2.24, 2.45) is 5.92 Å². The number of aromatic nitrogens is 2. The Bertz CT molecular complexity index is 669. The van der Waals surface area contributed by atoms with Gasteiger partial charge in [0.1, 0.15) is 12.3 Å². The molecule has 6 nitrogen and oxygen atoms in total. The molecule has 25 heavy (non-hydrogen) atoms. The van der Waals surface area contributed by atoms with Crippen LogP contribution in [0.5, 0.6) is 5.75 Å². The van der Waals surface area contributed by atoms with Gasteiger partial charge in [0.05, 0.1) is 7.11 Å². The first-order valence-corrected chi connectivity index (χ1v) is 8.75. The van der Waals surface area contributed by atoms with E-state index in [-0.39, 0.29) is 12.5 Å². The van der Waals surface area contributed by atoms with E-state index in [1.54, 1.807) is 24.2 Å². The number of nitrogens with zero attached hydrogens (tertiary/aromatic N) is 3. The standard InChI is InChI=1S/C19H26N4O2/c1-22-11-3-5-16(13-20-18(24)14-23-12-4-10-21-23)19(22)15-6-8-17(25-2)9-7-15/h4,6-10,12,16,19H,3,5,11,13-14H2,1-2H3,(H,20,24). The van der Waals surface area contributed by atoms with Crippen LogP contribution in [-0.4, -0.2) is 47.8 Å². The van der Waals surface area contributed by atoms with Crippen LogP contribution in [0.3, 0.4) is 0 Å². The van der Waals surface area contributed by atoms with Gasteiger partial charge in [-0.25, -0.2) is 0 Å². The third-order valence-corrected chi connectivity index (χ3v) is 4.89. The average Bonchev–Trinajstić information content (AvgIpc) is 3.13. The van der Waals surface area contributed by atoms with Crippen molar-refractivity contribution in [3.05, 3.63) is 48.3 Å². The lowest BCUT2D eigenvalue weighted by Gasteiger charge is -2.39. The smallest absolute Gasteiger partial charge is 0.241 e. The lowest BCUT2D eigenvalue weighted by Crippen LogP contribution is -2.42. The van der Waals surface area contributed by atoms with Gasteiger partial charge in [0.2, 0.25) is 5.91 Å². The second-order valence-electron chi connectivity index (χ2n) is 6.61. The van der Waals surface area contributed by atoms with E-state index in [1.165, 1.54) is 5.56 Å².